The van der Waals surface area contributed by atoms with Crippen molar-refractivity contribution in [1.82, 2.24) is 5.32 Å². The van der Waals surface area contributed by atoms with Crippen LogP contribution in [0.3, 0.4) is 0 Å². The van der Waals surface area contributed by atoms with Crippen molar-refractivity contribution in [3.8, 4) is 0 Å². The molecule has 0 saturated carbocycles. The maximum atomic E-state index is 13.2. The van der Waals surface area contributed by atoms with Gasteiger partial charge in [0.15, 0.2) is 0 Å². The second kappa shape index (κ2) is 48.3. The quantitative estimate of drug-likeness (QED) is 0.0245. The number of allylic oxidation sites excluding steroid dienone is 11. The summed E-state index contributed by atoms with van der Waals surface area (Å²) >= 11 is 0. The fraction of sp³-hybridized carbons (Fsp3) is 0.745. The molecule has 3 atom stereocenters. The van der Waals surface area contributed by atoms with Crippen molar-refractivity contribution in [2.45, 2.75) is 257 Å². The number of ether oxygens (including phenoxy) is 1. The molecule has 352 valence electrons. The number of carbonyl (C=O) groups excluding carboxylic acids is 2. The number of esters is 1. The minimum Gasteiger partial charge on any atom is -0.461 e. The van der Waals surface area contributed by atoms with Gasteiger partial charge >= 0.3 is 5.97 Å². The Morgan fingerprint density at radius 2 is 0.918 bits per heavy atom. The Kier molecular flexibility index (Phi) is 46.2. The third kappa shape index (κ3) is 43.7. The molecule has 0 rings (SSSR count). The Hall–Kier alpha value is -2.70. The minimum atomic E-state index is -0.820. The van der Waals surface area contributed by atoms with Crippen LogP contribution in [0.15, 0.2) is 72.9 Å². The summed E-state index contributed by atoms with van der Waals surface area (Å²) in [4.78, 5) is 26.0. The largest absolute Gasteiger partial charge is 0.461 e. The maximum Gasteiger partial charge on any atom is 0.306 e. The number of hydrogen-bond acceptors (Lipinski definition) is 5. The Morgan fingerprint density at radius 3 is 1.39 bits per heavy atom. The van der Waals surface area contributed by atoms with Crippen LogP contribution in [0.4, 0.5) is 0 Å². The van der Waals surface area contributed by atoms with Gasteiger partial charge in [-0.05, 0) is 44.9 Å². The number of aliphatic hydroxyl groups excluding tert-OH is 2. The number of nitrogens with one attached hydrogen (secondary N) is 1. The van der Waals surface area contributed by atoms with Crippen molar-refractivity contribution in [2.24, 2.45) is 0 Å². The number of carbonyl (C=O) groups is 2. The lowest BCUT2D eigenvalue weighted by Crippen LogP contribution is -2.46. The highest BCUT2D eigenvalue weighted by Gasteiger charge is 2.23. The summed E-state index contributed by atoms with van der Waals surface area (Å²) in [5.74, 6) is -0.613. The molecule has 6 heteroatoms. The van der Waals surface area contributed by atoms with Crippen LogP contribution in [0.5, 0.6) is 0 Å². The summed E-state index contributed by atoms with van der Waals surface area (Å²) in [6.45, 7) is 6.29. The lowest BCUT2D eigenvalue weighted by Gasteiger charge is -2.24. The van der Waals surface area contributed by atoms with E-state index in [2.05, 4.69) is 44.3 Å². The van der Waals surface area contributed by atoms with Crippen molar-refractivity contribution in [3.05, 3.63) is 72.9 Å². The monoisotopic (exact) mass is 852 g/mol. The summed E-state index contributed by atoms with van der Waals surface area (Å²) in [6.07, 6.45) is 61.3. The van der Waals surface area contributed by atoms with E-state index < -0.39 is 18.2 Å². The van der Waals surface area contributed by atoms with Gasteiger partial charge in [-0.2, -0.15) is 0 Å². The first-order valence-corrected chi connectivity index (χ1v) is 25.7. The molecule has 1 amide bonds. The lowest BCUT2D eigenvalue weighted by atomic mass is 10.0. The van der Waals surface area contributed by atoms with Gasteiger partial charge in [-0.3, -0.25) is 9.59 Å². The lowest BCUT2D eigenvalue weighted by molar-refractivity contribution is -0.150. The summed E-state index contributed by atoms with van der Waals surface area (Å²) in [6, 6.07) is -0.742. The molecular weight excluding hydrogens is 755 g/mol. The van der Waals surface area contributed by atoms with E-state index in [0.717, 1.165) is 44.9 Å². The van der Waals surface area contributed by atoms with Crippen molar-refractivity contribution in [2.75, 3.05) is 6.61 Å². The molecule has 0 aromatic rings. The molecule has 0 radical (unpaired) electrons. The average molecular weight is 852 g/mol. The van der Waals surface area contributed by atoms with Crippen molar-refractivity contribution in [1.29, 1.82) is 0 Å². The highest BCUT2D eigenvalue weighted by Crippen LogP contribution is 2.17. The molecular formula is C55H97NO5. The molecule has 0 aliphatic rings. The molecule has 0 fully saturated rings. The van der Waals surface area contributed by atoms with Gasteiger partial charge in [0.1, 0.15) is 6.10 Å². The number of unbranched alkanes of at least 4 members (excludes halogenated alkanes) is 26. The SMILES string of the molecule is CC/C=C/C=C/C=C\C=C/C=C/CC(CC(=O)NC(CO)C(O)CCCCCCCCCCCCCCCCCC)OC(=O)CCCCCCCCC/C=C\CCCCCC. The number of hydrogen-bond donors (Lipinski definition) is 3. The van der Waals surface area contributed by atoms with Gasteiger partial charge in [0.2, 0.25) is 5.91 Å². The Balaban J connectivity index is 4.61. The van der Waals surface area contributed by atoms with Crippen LogP contribution in [0.2, 0.25) is 0 Å². The van der Waals surface area contributed by atoms with E-state index >= 15 is 0 Å². The van der Waals surface area contributed by atoms with Crippen LogP contribution in [0.25, 0.3) is 0 Å². The van der Waals surface area contributed by atoms with Gasteiger partial charge in [0.25, 0.3) is 0 Å². The molecule has 0 bridgehead atoms. The van der Waals surface area contributed by atoms with Gasteiger partial charge in [0, 0.05) is 12.8 Å². The molecule has 6 nitrogen and oxygen atoms in total. The second-order valence-electron chi connectivity index (χ2n) is 17.3. The minimum absolute atomic E-state index is 0.0217. The number of aliphatic hydroxyl groups is 2. The van der Waals surface area contributed by atoms with Crippen molar-refractivity contribution < 1.29 is 24.5 Å². The second-order valence-corrected chi connectivity index (χ2v) is 17.3. The number of rotatable bonds is 45. The van der Waals surface area contributed by atoms with Gasteiger partial charge in [-0.25, -0.2) is 0 Å². The van der Waals surface area contributed by atoms with E-state index in [0.29, 0.717) is 19.3 Å². The molecule has 0 aromatic carbocycles. The highest BCUT2D eigenvalue weighted by molar-refractivity contribution is 5.77. The standard InChI is InChI=1S/C55H97NO5/c1-4-7-10-13-16-19-22-24-26-28-29-32-35-38-41-44-47-53(58)52(50-57)56-54(59)49-51(46-43-40-37-34-31-21-18-15-12-9-6-3)61-55(60)48-45-42-39-36-33-30-27-25-23-20-17-14-11-8-5-2/h9,12,15,18,20-21,23,31,34,37,40,43,51-53,57-58H,4-8,10-11,13-14,16-17,19,22,24-30,32-33,35-36,38-39,41-42,44-50H2,1-3H3,(H,56,59)/b12-9+,18-15+,23-20-,31-21-,37-34-,43-40+. The van der Waals surface area contributed by atoms with E-state index in [1.807, 2.05) is 54.7 Å². The molecule has 3 unspecified atom stereocenters. The van der Waals surface area contributed by atoms with Crippen molar-refractivity contribution >= 4 is 11.9 Å². The first-order valence-electron chi connectivity index (χ1n) is 25.7. The molecule has 0 aromatic heterocycles. The van der Waals surface area contributed by atoms with E-state index in [-0.39, 0.29) is 24.9 Å². The molecule has 61 heavy (non-hydrogen) atoms. The summed E-state index contributed by atoms with van der Waals surface area (Å²) in [5, 5.41) is 23.7. The van der Waals surface area contributed by atoms with Crippen molar-refractivity contribution in [3.63, 3.8) is 0 Å². The van der Waals surface area contributed by atoms with Gasteiger partial charge in [0.05, 0.1) is 25.2 Å². The zero-order valence-electron chi connectivity index (χ0n) is 40.0. The first kappa shape index (κ1) is 58.3. The number of amides is 1. The molecule has 0 heterocycles. The molecule has 0 spiro atoms. The van der Waals surface area contributed by atoms with Gasteiger partial charge in [-0.1, -0.05) is 248 Å². The Bertz CT molecular complexity index is 1140. The van der Waals surface area contributed by atoms with E-state index in [1.54, 1.807) is 0 Å². The average Bonchev–Trinajstić information content (AvgIpc) is 3.25. The van der Waals surface area contributed by atoms with Crippen LogP contribution in [0, 0.1) is 0 Å². The third-order valence-corrected chi connectivity index (χ3v) is 11.4. The predicted molar refractivity (Wildman–Crippen MR) is 264 cm³/mol. The normalized spacial score (nSPS) is 13.9. The van der Waals surface area contributed by atoms with Crippen LogP contribution in [-0.2, 0) is 14.3 Å². The maximum absolute atomic E-state index is 13.2. The zero-order valence-corrected chi connectivity index (χ0v) is 40.0. The predicted octanol–water partition coefficient (Wildman–Crippen LogP) is 15.4. The smallest absolute Gasteiger partial charge is 0.306 e. The van der Waals surface area contributed by atoms with E-state index in [9.17, 15) is 19.8 Å². The Labute approximate surface area is 377 Å². The molecule has 0 aliphatic heterocycles. The van der Waals surface area contributed by atoms with Crippen LogP contribution < -0.4 is 5.32 Å². The van der Waals surface area contributed by atoms with E-state index in [1.165, 1.54) is 148 Å². The topological polar surface area (TPSA) is 95.9 Å². The summed E-state index contributed by atoms with van der Waals surface area (Å²) in [5.41, 5.74) is 0. The zero-order chi connectivity index (χ0) is 44.5. The summed E-state index contributed by atoms with van der Waals surface area (Å²) < 4.78 is 5.84. The van der Waals surface area contributed by atoms with Crippen LogP contribution >= 0.6 is 0 Å². The van der Waals surface area contributed by atoms with Gasteiger partial charge < -0.3 is 20.3 Å². The molecule has 0 saturated heterocycles. The van der Waals surface area contributed by atoms with Crippen LogP contribution in [0.1, 0.15) is 239 Å². The summed E-state index contributed by atoms with van der Waals surface area (Å²) in [7, 11) is 0. The third-order valence-electron chi connectivity index (χ3n) is 11.4. The first-order chi connectivity index (χ1) is 30.0. The van der Waals surface area contributed by atoms with Gasteiger partial charge in [-0.15, -0.1) is 0 Å². The molecule has 0 aliphatic carbocycles. The Morgan fingerprint density at radius 1 is 0.508 bits per heavy atom. The fourth-order valence-electron chi connectivity index (χ4n) is 7.51. The fourth-order valence-corrected chi connectivity index (χ4v) is 7.51. The van der Waals surface area contributed by atoms with Crippen LogP contribution in [-0.4, -0.2) is 46.9 Å². The van der Waals surface area contributed by atoms with E-state index in [4.69, 9.17) is 4.74 Å². The highest BCUT2D eigenvalue weighted by atomic mass is 16.5. The molecule has 3 N–H and O–H groups in total.